The van der Waals surface area contributed by atoms with Crippen LogP contribution in [0.1, 0.15) is 6.92 Å². The number of hydrogen-bond acceptors (Lipinski definition) is 6. The van der Waals surface area contributed by atoms with E-state index in [-0.39, 0.29) is 0 Å². The van der Waals surface area contributed by atoms with Crippen molar-refractivity contribution in [2.75, 3.05) is 23.5 Å². The number of nitrogens with one attached hydrogen (secondary N) is 2. The third kappa shape index (κ3) is 3.39. The first kappa shape index (κ1) is 11.1. The van der Waals surface area contributed by atoms with Crippen molar-refractivity contribution in [1.29, 1.82) is 0 Å². The minimum absolute atomic E-state index is 0.547. The second-order valence-electron chi connectivity index (χ2n) is 2.86. The maximum atomic E-state index is 5.22. The molecule has 1 unspecified atom stereocenters. The molecule has 78 valence electrons. The van der Waals surface area contributed by atoms with E-state index in [9.17, 15) is 0 Å². The Morgan fingerprint density at radius 1 is 1.50 bits per heavy atom. The SMILES string of the molecule is CSC(C)CNc1cncc(NN)n1. The fourth-order valence-electron chi connectivity index (χ4n) is 0.852. The number of aromatic nitrogens is 2. The zero-order valence-corrected chi connectivity index (χ0v) is 9.14. The first-order valence-corrected chi connectivity index (χ1v) is 5.60. The summed E-state index contributed by atoms with van der Waals surface area (Å²) in [5.74, 6) is 6.52. The fraction of sp³-hybridized carbons (Fsp3) is 0.500. The predicted octanol–water partition coefficient (Wildman–Crippen LogP) is 0.926. The van der Waals surface area contributed by atoms with Crippen LogP contribution in [0.5, 0.6) is 0 Å². The van der Waals surface area contributed by atoms with Crippen LogP contribution in [0.15, 0.2) is 12.4 Å². The summed E-state index contributed by atoms with van der Waals surface area (Å²) in [4.78, 5) is 8.16. The zero-order chi connectivity index (χ0) is 10.4. The van der Waals surface area contributed by atoms with Crippen molar-refractivity contribution in [3.8, 4) is 0 Å². The molecule has 0 aromatic carbocycles. The van der Waals surface area contributed by atoms with Crippen LogP contribution in [0.2, 0.25) is 0 Å². The number of rotatable bonds is 5. The molecule has 0 radical (unpaired) electrons. The topological polar surface area (TPSA) is 75.9 Å². The van der Waals surface area contributed by atoms with Crippen LogP contribution in [-0.2, 0) is 0 Å². The van der Waals surface area contributed by atoms with Gasteiger partial charge in [-0.25, -0.2) is 10.8 Å². The largest absolute Gasteiger partial charge is 0.368 e. The lowest BCUT2D eigenvalue weighted by molar-refractivity contribution is 0.985. The molecule has 0 saturated carbocycles. The summed E-state index contributed by atoms with van der Waals surface area (Å²) in [6.45, 7) is 3.01. The average molecular weight is 213 g/mol. The van der Waals surface area contributed by atoms with Crippen molar-refractivity contribution >= 4 is 23.4 Å². The summed E-state index contributed by atoms with van der Waals surface area (Å²) in [7, 11) is 0. The molecule has 6 heteroatoms. The Bertz CT molecular complexity index is 280. The van der Waals surface area contributed by atoms with Crippen LogP contribution >= 0.6 is 11.8 Å². The fourth-order valence-corrected chi connectivity index (χ4v) is 1.10. The van der Waals surface area contributed by atoms with Crippen LogP contribution < -0.4 is 16.6 Å². The van der Waals surface area contributed by atoms with Crippen LogP contribution in [0.25, 0.3) is 0 Å². The molecule has 1 aromatic heterocycles. The van der Waals surface area contributed by atoms with Gasteiger partial charge in [-0.2, -0.15) is 11.8 Å². The van der Waals surface area contributed by atoms with Gasteiger partial charge in [0.1, 0.15) is 5.82 Å². The minimum atomic E-state index is 0.547. The van der Waals surface area contributed by atoms with Gasteiger partial charge in [-0.3, -0.25) is 4.98 Å². The van der Waals surface area contributed by atoms with Gasteiger partial charge in [0.15, 0.2) is 5.82 Å². The van der Waals surface area contributed by atoms with Crippen molar-refractivity contribution in [3.05, 3.63) is 12.4 Å². The summed E-state index contributed by atoms with van der Waals surface area (Å²) >= 11 is 1.80. The van der Waals surface area contributed by atoms with E-state index in [1.54, 1.807) is 24.2 Å². The molecule has 1 rings (SSSR count). The van der Waals surface area contributed by atoms with Gasteiger partial charge in [0.2, 0.25) is 0 Å². The second kappa shape index (κ2) is 5.66. The monoisotopic (exact) mass is 213 g/mol. The van der Waals surface area contributed by atoms with Gasteiger partial charge in [0, 0.05) is 11.8 Å². The van der Waals surface area contributed by atoms with E-state index in [0.717, 1.165) is 12.4 Å². The molecule has 0 spiro atoms. The molecule has 14 heavy (non-hydrogen) atoms. The van der Waals surface area contributed by atoms with E-state index < -0.39 is 0 Å². The first-order valence-electron chi connectivity index (χ1n) is 4.31. The highest BCUT2D eigenvalue weighted by molar-refractivity contribution is 7.99. The summed E-state index contributed by atoms with van der Waals surface area (Å²) in [5.41, 5.74) is 2.45. The van der Waals surface area contributed by atoms with Crippen LogP contribution in [0.4, 0.5) is 11.6 Å². The predicted molar refractivity (Wildman–Crippen MR) is 61.3 cm³/mol. The molecule has 0 aliphatic carbocycles. The maximum absolute atomic E-state index is 5.22. The molecule has 0 saturated heterocycles. The van der Waals surface area contributed by atoms with Gasteiger partial charge in [-0.05, 0) is 6.26 Å². The molecule has 0 aliphatic heterocycles. The Morgan fingerprint density at radius 3 is 2.86 bits per heavy atom. The van der Waals surface area contributed by atoms with Crippen molar-refractivity contribution < 1.29 is 0 Å². The van der Waals surface area contributed by atoms with Crippen molar-refractivity contribution in [2.45, 2.75) is 12.2 Å². The average Bonchev–Trinajstić information content (AvgIpc) is 2.26. The molecule has 0 bridgehead atoms. The summed E-state index contributed by atoms with van der Waals surface area (Å²) in [6.07, 6.45) is 5.33. The van der Waals surface area contributed by atoms with Crippen molar-refractivity contribution in [1.82, 2.24) is 9.97 Å². The highest BCUT2D eigenvalue weighted by Crippen LogP contribution is 2.08. The lowest BCUT2D eigenvalue weighted by Crippen LogP contribution is -2.15. The van der Waals surface area contributed by atoms with Gasteiger partial charge in [-0.15, -0.1) is 0 Å². The van der Waals surface area contributed by atoms with E-state index in [1.165, 1.54) is 0 Å². The van der Waals surface area contributed by atoms with Crippen LogP contribution in [0, 0.1) is 0 Å². The number of nitrogens with zero attached hydrogens (tertiary/aromatic N) is 2. The van der Waals surface area contributed by atoms with Gasteiger partial charge >= 0.3 is 0 Å². The summed E-state index contributed by atoms with van der Waals surface area (Å²) in [6, 6.07) is 0. The van der Waals surface area contributed by atoms with Gasteiger partial charge in [0.05, 0.1) is 12.4 Å². The smallest absolute Gasteiger partial charge is 0.160 e. The Morgan fingerprint density at radius 2 is 2.21 bits per heavy atom. The molecule has 1 aromatic rings. The van der Waals surface area contributed by atoms with Crippen molar-refractivity contribution in [3.63, 3.8) is 0 Å². The highest BCUT2D eigenvalue weighted by atomic mass is 32.2. The molecule has 1 atom stereocenters. The molecule has 5 nitrogen and oxygen atoms in total. The standard InChI is InChI=1S/C8H15N5S/c1-6(14-2)3-11-7-4-10-5-8(12-7)13-9/h4-6H,3,9H2,1-2H3,(H2,11,12,13). The number of hydrazine groups is 1. The molecular weight excluding hydrogens is 198 g/mol. The number of anilines is 2. The van der Waals surface area contributed by atoms with Gasteiger partial charge < -0.3 is 10.7 Å². The van der Waals surface area contributed by atoms with E-state index in [1.807, 2.05) is 0 Å². The number of nitrogens with two attached hydrogens (primary N) is 1. The first-order chi connectivity index (χ1) is 6.76. The normalized spacial score (nSPS) is 12.2. The molecule has 0 amide bonds. The van der Waals surface area contributed by atoms with Gasteiger partial charge in [0.25, 0.3) is 0 Å². The van der Waals surface area contributed by atoms with Crippen molar-refractivity contribution in [2.24, 2.45) is 5.84 Å². The Labute approximate surface area is 87.9 Å². The molecular formula is C8H15N5S. The van der Waals surface area contributed by atoms with E-state index in [4.69, 9.17) is 5.84 Å². The maximum Gasteiger partial charge on any atom is 0.160 e. The molecule has 0 aliphatic rings. The quantitative estimate of drug-likeness (QED) is 0.499. The van der Waals surface area contributed by atoms with Crippen LogP contribution in [-0.4, -0.2) is 28.0 Å². The minimum Gasteiger partial charge on any atom is -0.368 e. The zero-order valence-electron chi connectivity index (χ0n) is 8.32. The third-order valence-corrected chi connectivity index (χ3v) is 2.73. The van der Waals surface area contributed by atoms with E-state index in [2.05, 4.69) is 33.9 Å². The molecule has 4 N–H and O–H groups in total. The van der Waals surface area contributed by atoms with E-state index >= 15 is 0 Å². The lowest BCUT2D eigenvalue weighted by Gasteiger charge is -2.10. The Balaban J connectivity index is 2.50. The number of nitrogen functional groups attached to an aromatic ring is 1. The third-order valence-electron chi connectivity index (χ3n) is 1.76. The molecule has 1 heterocycles. The Hall–Kier alpha value is -1.01. The lowest BCUT2D eigenvalue weighted by atomic mass is 10.4. The number of thioether (sulfide) groups is 1. The second-order valence-corrected chi connectivity index (χ2v) is 4.14. The van der Waals surface area contributed by atoms with E-state index in [0.29, 0.717) is 11.1 Å². The number of hydrogen-bond donors (Lipinski definition) is 3. The van der Waals surface area contributed by atoms with Gasteiger partial charge in [-0.1, -0.05) is 6.92 Å². The summed E-state index contributed by atoms with van der Waals surface area (Å²) in [5, 5.41) is 3.73. The highest BCUT2D eigenvalue weighted by Gasteiger charge is 2.00. The summed E-state index contributed by atoms with van der Waals surface area (Å²) < 4.78 is 0. The van der Waals surface area contributed by atoms with Crippen LogP contribution in [0.3, 0.4) is 0 Å². The molecule has 0 fully saturated rings. The Kier molecular flexibility index (Phi) is 4.48.